The summed E-state index contributed by atoms with van der Waals surface area (Å²) in [4.78, 5) is 0.198. The summed E-state index contributed by atoms with van der Waals surface area (Å²) in [7, 11) is -3.71. The predicted octanol–water partition coefficient (Wildman–Crippen LogP) is 2.75. The summed E-state index contributed by atoms with van der Waals surface area (Å²) >= 11 is 5.09. The van der Waals surface area contributed by atoms with Crippen molar-refractivity contribution in [1.29, 1.82) is 0 Å². The molecule has 0 aliphatic carbocycles. The van der Waals surface area contributed by atoms with Crippen LogP contribution in [0.3, 0.4) is 0 Å². The molecule has 7 heteroatoms. The highest BCUT2D eigenvalue weighted by molar-refractivity contribution is 7.91. The van der Waals surface area contributed by atoms with Crippen molar-refractivity contribution in [3.63, 3.8) is 0 Å². The molecule has 1 saturated heterocycles. The fourth-order valence-corrected chi connectivity index (χ4v) is 4.17. The third-order valence-corrected chi connectivity index (χ3v) is 5.82. The number of ether oxygens (including phenoxy) is 2. The van der Waals surface area contributed by atoms with Crippen molar-refractivity contribution < 1.29 is 17.9 Å². The topological polar surface area (TPSA) is 55.8 Å². The summed E-state index contributed by atoms with van der Waals surface area (Å²) in [5, 5.41) is -0.0442. The molecule has 0 N–H and O–H groups in total. The number of rotatable bonds is 5. The lowest BCUT2D eigenvalue weighted by atomic mass is 10.2. The van der Waals surface area contributed by atoms with Gasteiger partial charge in [0.15, 0.2) is 6.10 Å². The Balaban J connectivity index is 1.69. The maximum atomic E-state index is 12.7. The quantitative estimate of drug-likeness (QED) is 0.765. The van der Waals surface area contributed by atoms with E-state index in [1.54, 1.807) is 24.3 Å². The van der Waals surface area contributed by atoms with Gasteiger partial charge in [-0.1, -0.05) is 35.9 Å². The number of hydrogen-bond acceptors (Lipinski definition) is 5. The molecule has 1 fully saturated rings. The van der Waals surface area contributed by atoms with Gasteiger partial charge in [0.25, 0.3) is 15.2 Å². The number of sulfonamides is 1. The number of aryl methyl sites for hydroxylation is 1. The number of benzene rings is 2. The Labute approximate surface area is 146 Å². The van der Waals surface area contributed by atoms with Crippen LogP contribution in [0.25, 0.3) is 0 Å². The van der Waals surface area contributed by atoms with Crippen molar-refractivity contribution in [2.45, 2.75) is 17.9 Å². The van der Waals surface area contributed by atoms with E-state index < -0.39 is 16.1 Å². The van der Waals surface area contributed by atoms with Gasteiger partial charge >= 0.3 is 0 Å². The van der Waals surface area contributed by atoms with Crippen LogP contribution in [0.4, 0.5) is 0 Å². The van der Waals surface area contributed by atoms with Crippen LogP contribution in [0.2, 0.25) is 0 Å². The standard InChI is InChI=1S/C17H17NO4S2/c1-13-7-9-16(10-8-13)24(19,20)18-11-15(22-17(18)23)12-21-14-5-3-2-4-6-14/h2-10,15H,11-12H2,1H3. The first-order valence-electron chi connectivity index (χ1n) is 7.45. The molecule has 1 aliphatic heterocycles. The Kier molecular flexibility index (Phi) is 4.73. The van der Waals surface area contributed by atoms with E-state index in [9.17, 15) is 8.42 Å². The average Bonchev–Trinajstić information content (AvgIpc) is 2.96. The van der Waals surface area contributed by atoms with E-state index in [2.05, 4.69) is 0 Å². The van der Waals surface area contributed by atoms with E-state index >= 15 is 0 Å². The molecule has 2 aromatic carbocycles. The highest BCUT2D eigenvalue weighted by Crippen LogP contribution is 2.23. The molecule has 3 rings (SSSR count). The molecule has 5 nitrogen and oxygen atoms in total. The minimum absolute atomic E-state index is 0.0442. The molecule has 1 heterocycles. The van der Waals surface area contributed by atoms with Gasteiger partial charge in [0.2, 0.25) is 0 Å². The van der Waals surface area contributed by atoms with Crippen molar-refractivity contribution >= 4 is 27.4 Å². The third kappa shape index (κ3) is 3.52. The summed E-state index contributed by atoms with van der Waals surface area (Å²) in [5.74, 6) is 0.701. The second-order valence-electron chi connectivity index (χ2n) is 5.48. The molecule has 1 atom stereocenters. The smallest absolute Gasteiger partial charge is 0.274 e. The van der Waals surface area contributed by atoms with Crippen molar-refractivity contribution in [1.82, 2.24) is 4.31 Å². The van der Waals surface area contributed by atoms with Crippen LogP contribution >= 0.6 is 12.2 Å². The van der Waals surface area contributed by atoms with E-state index in [0.717, 1.165) is 9.87 Å². The predicted molar refractivity (Wildman–Crippen MR) is 94.5 cm³/mol. The second kappa shape index (κ2) is 6.78. The van der Waals surface area contributed by atoms with Gasteiger partial charge in [0.1, 0.15) is 12.4 Å². The van der Waals surface area contributed by atoms with E-state index in [1.807, 2.05) is 37.3 Å². The molecule has 0 saturated carbocycles. The highest BCUT2D eigenvalue weighted by Gasteiger charge is 2.37. The van der Waals surface area contributed by atoms with Crippen LogP contribution in [0.1, 0.15) is 5.56 Å². The highest BCUT2D eigenvalue weighted by atomic mass is 32.2. The first-order chi connectivity index (χ1) is 11.5. The zero-order valence-corrected chi connectivity index (χ0v) is 14.7. The van der Waals surface area contributed by atoms with Crippen LogP contribution < -0.4 is 4.74 Å². The van der Waals surface area contributed by atoms with E-state index in [1.165, 1.54) is 0 Å². The minimum atomic E-state index is -3.71. The molecular weight excluding hydrogens is 346 g/mol. The van der Waals surface area contributed by atoms with Gasteiger partial charge < -0.3 is 9.47 Å². The molecular formula is C17H17NO4S2. The summed E-state index contributed by atoms with van der Waals surface area (Å²) < 4.78 is 37.6. The first kappa shape index (κ1) is 16.7. The van der Waals surface area contributed by atoms with Crippen LogP contribution in [0.5, 0.6) is 5.75 Å². The Bertz CT molecular complexity index is 819. The molecule has 1 aliphatic rings. The molecule has 2 aromatic rings. The normalized spacial score (nSPS) is 17.6. The zero-order valence-electron chi connectivity index (χ0n) is 13.1. The largest absolute Gasteiger partial charge is 0.490 e. The zero-order chi connectivity index (χ0) is 17.2. The maximum absolute atomic E-state index is 12.7. The van der Waals surface area contributed by atoms with Gasteiger partial charge in [-0.25, -0.2) is 12.7 Å². The summed E-state index contributed by atoms with van der Waals surface area (Å²) in [6.07, 6.45) is -0.432. The summed E-state index contributed by atoms with van der Waals surface area (Å²) in [5.41, 5.74) is 0.989. The molecule has 0 aromatic heterocycles. The van der Waals surface area contributed by atoms with Gasteiger partial charge in [0, 0.05) is 0 Å². The Morgan fingerprint density at radius 1 is 1.17 bits per heavy atom. The Morgan fingerprint density at radius 2 is 1.83 bits per heavy atom. The van der Waals surface area contributed by atoms with Gasteiger partial charge in [-0.15, -0.1) is 0 Å². The molecule has 0 amide bonds. The molecule has 0 bridgehead atoms. The lowest BCUT2D eigenvalue weighted by Crippen LogP contribution is -2.33. The van der Waals surface area contributed by atoms with Crippen molar-refractivity contribution in [3.05, 3.63) is 60.2 Å². The minimum Gasteiger partial charge on any atom is -0.490 e. The van der Waals surface area contributed by atoms with Crippen molar-refractivity contribution in [3.8, 4) is 5.75 Å². The summed E-state index contributed by atoms with van der Waals surface area (Å²) in [6.45, 7) is 2.27. The van der Waals surface area contributed by atoms with E-state index in [4.69, 9.17) is 21.7 Å². The van der Waals surface area contributed by atoms with Gasteiger partial charge in [-0.2, -0.15) is 0 Å². The molecule has 24 heavy (non-hydrogen) atoms. The van der Waals surface area contributed by atoms with Crippen LogP contribution in [0.15, 0.2) is 59.5 Å². The van der Waals surface area contributed by atoms with Crippen LogP contribution in [-0.4, -0.2) is 37.2 Å². The number of thiocarbonyl (C=S) groups is 1. The lowest BCUT2D eigenvalue weighted by molar-refractivity contribution is 0.149. The third-order valence-electron chi connectivity index (χ3n) is 3.63. The van der Waals surface area contributed by atoms with Crippen LogP contribution in [-0.2, 0) is 14.8 Å². The number of nitrogens with zero attached hydrogens (tertiary/aromatic N) is 1. The van der Waals surface area contributed by atoms with Crippen molar-refractivity contribution in [2.75, 3.05) is 13.2 Å². The van der Waals surface area contributed by atoms with E-state index in [0.29, 0.717) is 5.75 Å². The van der Waals surface area contributed by atoms with E-state index in [-0.39, 0.29) is 23.2 Å². The molecule has 1 unspecified atom stereocenters. The Hall–Kier alpha value is -2.12. The maximum Gasteiger partial charge on any atom is 0.274 e. The number of para-hydroxylation sites is 1. The fourth-order valence-electron chi connectivity index (χ4n) is 2.32. The Morgan fingerprint density at radius 3 is 2.50 bits per heavy atom. The SMILES string of the molecule is Cc1ccc(S(=O)(=O)N2CC(COc3ccccc3)OC2=S)cc1. The first-order valence-corrected chi connectivity index (χ1v) is 9.29. The van der Waals surface area contributed by atoms with Crippen molar-refractivity contribution in [2.24, 2.45) is 0 Å². The lowest BCUT2D eigenvalue weighted by Gasteiger charge is -2.15. The second-order valence-corrected chi connectivity index (χ2v) is 7.69. The van der Waals surface area contributed by atoms with Gasteiger partial charge in [-0.05, 0) is 43.4 Å². The van der Waals surface area contributed by atoms with Gasteiger partial charge in [0.05, 0.1) is 11.4 Å². The van der Waals surface area contributed by atoms with Crippen LogP contribution in [0, 0.1) is 6.92 Å². The number of hydrogen-bond donors (Lipinski definition) is 0. The van der Waals surface area contributed by atoms with Gasteiger partial charge in [-0.3, -0.25) is 0 Å². The summed E-state index contributed by atoms with van der Waals surface area (Å²) in [6, 6.07) is 15.9. The molecule has 126 valence electrons. The molecule has 0 spiro atoms. The monoisotopic (exact) mass is 363 g/mol. The fraction of sp³-hybridized carbons (Fsp3) is 0.235. The average molecular weight is 363 g/mol. The molecule has 0 radical (unpaired) electrons.